The molecule has 0 radical (unpaired) electrons. The summed E-state index contributed by atoms with van der Waals surface area (Å²) >= 11 is 9.16. The largest absolute Gasteiger partial charge is 0.497 e. The van der Waals surface area contributed by atoms with E-state index in [0.29, 0.717) is 12.3 Å². The molecule has 0 saturated carbocycles. The van der Waals surface area contributed by atoms with Gasteiger partial charge in [-0.3, -0.25) is 4.79 Å². The van der Waals surface area contributed by atoms with Crippen molar-refractivity contribution in [3.05, 3.63) is 59.1 Å². The molecule has 0 unspecified atom stereocenters. The van der Waals surface area contributed by atoms with E-state index in [0.717, 1.165) is 27.2 Å². The van der Waals surface area contributed by atoms with Crippen LogP contribution in [0, 0.1) is 0 Å². The van der Waals surface area contributed by atoms with Crippen LogP contribution in [0.1, 0.15) is 5.56 Å². The van der Waals surface area contributed by atoms with E-state index in [9.17, 15) is 4.79 Å². The van der Waals surface area contributed by atoms with Gasteiger partial charge in [-0.25, -0.2) is 0 Å². The monoisotopic (exact) mass is 381 g/mol. The second kappa shape index (κ2) is 10.5. The summed E-state index contributed by atoms with van der Waals surface area (Å²) in [6.07, 6.45) is 0. The van der Waals surface area contributed by atoms with Crippen LogP contribution in [-0.4, -0.2) is 31.1 Å². The minimum absolute atomic E-state index is 0.0743. The quantitative estimate of drug-likeness (QED) is 0.513. The molecule has 1 N–H and O–H groups in total. The smallest absolute Gasteiger partial charge is 0.230 e. The van der Waals surface area contributed by atoms with Gasteiger partial charge >= 0.3 is 0 Å². The van der Waals surface area contributed by atoms with Crippen LogP contribution in [0.3, 0.4) is 0 Å². The maximum absolute atomic E-state index is 11.8. The second-order valence-corrected chi connectivity index (χ2v) is 7.58. The Balaban J connectivity index is 1.56. The van der Waals surface area contributed by atoms with E-state index < -0.39 is 0 Å². The number of thioether (sulfide) groups is 2. The number of carbonyl (C=O) groups is 1. The SMILES string of the molecule is COc1ccc(CSCC(=O)NCCSc2ccc(Cl)cc2)cc1. The zero-order valence-corrected chi connectivity index (χ0v) is 15.8. The maximum atomic E-state index is 11.8. The highest BCUT2D eigenvalue weighted by Crippen LogP contribution is 2.20. The highest BCUT2D eigenvalue weighted by molar-refractivity contribution is 7.99. The van der Waals surface area contributed by atoms with E-state index in [1.165, 1.54) is 5.56 Å². The first-order valence-corrected chi connectivity index (χ1v) is 10.0. The third-order valence-corrected chi connectivity index (χ3v) is 5.44. The molecule has 3 nitrogen and oxygen atoms in total. The van der Waals surface area contributed by atoms with Crippen molar-refractivity contribution in [1.82, 2.24) is 5.32 Å². The number of hydrogen-bond acceptors (Lipinski definition) is 4. The fourth-order valence-electron chi connectivity index (χ4n) is 1.92. The lowest BCUT2D eigenvalue weighted by molar-refractivity contribution is -0.118. The molecule has 0 heterocycles. The summed E-state index contributed by atoms with van der Waals surface area (Å²) in [5.41, 5.74) is 1.19. The number of nitrogens with one attached hydrogen (secondary N) is 1. The highest BCUT2D eigenvalue weighted by Gasteiger charge is 2.02. The zero-order valence-electron chi connectivity index (χ0n) is 13.5. The van der Waals surface area contributed by atoms with E-state index >= 15 is 0 Å². The Kier molecular flexibility index (Phi) is 8.36. The summed E-state index contributed by atoms with van der Waals surface area (Å²) in [5, 5.41) is 3.68. The van der Waals surface area contributed by atoms with Crippen molar-refractivity contribution in [2.45, 2.75) is 10.6 Å². The van der Waals surface area contributed by atoms with E-state index in [-0.39, 0.29) is 5.91 Å². The predicted molar refractivity (Wildman–Crippen MR) is 104 cm³/mol. The van der Waals surface area contributed by atoms with Crippen LogP contribution in [0.15, 0.2) is 53.4 Å². The molecule has 0 atom stereocenters. The molecule has 128 valence electrons. The molecular weight excluding hydrogens is 362 g/mol. The first kappa shape index (κ1) is 19.0. The summed E-state index contributed by atoms with van der Waals surface area (Å²) in [7, 11) is 1.65. The molecule has 24 heavy (non-hydrogen) atoms. The predicted octanol–water partition coefficient (Wildman–Crippen LogP) is 4.49. The topological polar surface area (TPSA) is 38.3 Å². The van der Waals surface area contributed by atoms with E-state index in [1.807, 2.05) is 48.5 Å². The van der Waals surface area contributed by atoms with Crippen LogP contribution >= 0.6 is 35.1 Å². The minimum Gasteiger partial charge on any atom is -0.497 e. The normalized spacial score (nSPS) is 10.4. The van der Waals surface area contributed by atoms with Gasteiger partial charge in [0.05, 0.1) is 12.9 Å². The molecule has 0 aliphatic heterocycles. The number of ether oxygens (including phenoxy) is 1. The van der Waals surface area contributed by atoms with Gasteiger partial charge in [0.2, 0.25) is 5.91 Å². The lowest BCUT2D eigenvalue weighted by atomic mass is 10.2. The minimum atomic E-state index is 0.0743. The molecule has 0 saturated heterocycles. The van der Waals surface area contributed by atoms with E-state index in [1.54, 1.807) is 30.6 Å². The lowest BCUT2D eigenvalue weighted by Crippen LogP contribution is -2.27. The molecule has 0 aromatic heterocycles. The Morgan fingerprint density at radius 1 is 1.12 bits per heavy atom. The number of carbonyl (C=O) groups excluding carboxylic acids is 1. The van der Waals surface area contributed by atoms with Crippen molar-refractivity contribution in [1.29, 1.82) is 0 Å². The summed E-state index contributed by atoms with van der Waals surface area (Å²) in [4.78, 5) is 13.0. The highest BCUT2D eigenvalue weighted by atomic mass is 35.5. The average molecular weight is 382 g/mol. The van der Waals surface area contributed by atoms with Crippen molar-refractivity contribution in [3.63, 3.8) is 0 Å². The van der Waals surface area contributed by atoms with Crippen molar-refractivity contribution in [3.8, 4) is 5.75 Å². The van der Waals surface area contributed by atoms with Crippen molar-refractivity contribution in [2.75, 3.05) is 25.2 Å². The lowest BCUT2D eigenvalue weighted by Gasteiger charge is -2.06. The van der Waals surface area contributed by atoms with Gasteiger partial charge in [0.25, 0.3) is 0 Å². The third kappa shape index (κ3) is 7.07. The number of hydrogen-bond donors (Lipinski definition) is 1. The van der Waals surface area contributed by atoms with Gasteiger partial charge in [0.15, 0.2) is 0 Å². The maximum Gasteiger partial charge on any atom is 0.230 e. The van der Waals surface area contributed by atoms with Crippen molar-refractivity contribution < 1.29 is 9.53 Å². The number of halogens is 1. The number of benzene rings is 2. The first-order chi connectivity index (χ1) is 11.7. The molecule has 1 amide bonds. The summed E-state index contributed by atoms with van der Waals surface area (Å²) < 4.78 is 5.13. The molecule has 2 rings (SSSR count). The molecular formula is C18H20ClNO2S2. The van der Waals surface area contributed by atoms with Gasteiger partial charge in [-0.2, -0.15) is 0 Å². The Hall–Kier alpha value is -1.30. The molecule has 6 heteroatoms. The summed E-state index contributed by atoms with van der Waals surface area (Å²) in [5.74, 6) is 3.05. The summed E-state index contributed by atoms with van der Waals surface area (Å²) in [6, 6.07) is 15.6. The summed E-state index contributed by atoms with van der Waals surface area (Å²) in [6.45, 7) is 0.662. The molecule has 0 bridgehead atoms. The van der Waals surface area contributed by atoms with E-state index in [4.69, 9.17) is 16.3 Å². The number of amides is 1. The second-order valence-electron chi connectivity index (χ2n) is 4.99. The Morgan fingerprint density at radius 2 is 1.83 bits per heavy atom. The van der Waals surface area contributed by atoms with Gasteiger partial charge in [-0.05, 0) is 42.0 Å². The van der Waals surface area contributed by atoms with Gasteiger partial charge in [-0.1, -0.05) is 23.7 Å². The standard InChI is InChI=1S/C18H20ClNO2S2/c1-22-16-6-2-14(3-7-16)12-23-13-18(21)20-10-11-24-17-8-4-15(19)5-9-17/h2-9H,10-13H2,1H3,(H,20,21). The third-order valence-electron chi connectivity index (χ3n) is 3.17. The Bertz CT molecular complexity index is 632. The zero-order chi connectivity index (χ0) is 17.2. The van der Waals surface area contributed by atoms with Crippen molar-refractivity contribution in [2.24, 2.45) is 0 Å². The molecule has 0 spiro atoms. The molecule has 0 aliphatic rings. The van der Waals surface area contributed by atoms with Crippen LogP contribution in [0.4, 0.5) is 0 Å². The first-order valence-electron chi connectivity index (χ1n) is 7.53. The van der Waals surface area contributed by atoms with Crippen LogP contribution in [0.5, 0.6) is 5.75 Å². The molecule has 0 fully saturated rings. The Morgan fingerprint density at radius 3 is 2.50 bits per heavy atom. The van der Waals surface area contributed by atoms with Gasteiger partial charge in [0.1, 0.15) is 5.75 Å². The van der Waals surface area contributed by atoms with Crippen LogP contribution < -0.4 is 10.1 Å². The molecule has 2 aromatic carbocycles. The Labute approximate surface area is 156 Å². The average Bonchev–Trinajstić information content (AvgIpc) is 2.61. The van der Waals surface area contributed by atoms with E-state index in [2.05, 4.69) is 5.32 Å². The van der Waals surface area contributed by atoms with Gasteiger partial charge < -0.3 is 10.1 Å². The molecule has 0 aliphatic carbocycles. The van der Waals surface area contributed by atoms with Gasteiger partial charge in [0, 0.05) is 28.0 Å². The van der Waals surface area contributed by atoms with Crippen LogP contribution in [0.2, 0.25) is 5.02 Å². The molecule has 2 aromatic rings. The number of methoxy groups -OCH3 is 1. The fraction of sp³-hybridized carbons (Fsp3) is 0.278. The van der Waals surface area contributed by atoms with Gasteiger partial charge in [-0.15, -0.1) is 23.5 Å². The van der Waals surface area contributed by atoms with Crippen LogP contribution in [-0.2, 0) is 10.5 Å². The fourth-order valence-corrected chi connectivity index (χ4v) is 3.64. The van der Waals surface area contributed by atoms with Crippen LogP contribution in [0.25, 0.3) is 0 Å². The van der Waals surface area contributed by atoms with Crippen molar-refractivity contribution >= 4 is 41.0 Å². The number of rotatable bonds is 9.